The first kappa shape index (κ1) is 21.3. The van der Waals surface area contributed by atoms with Gasteiger partial charge in [-0.15, -0.1) is 0 Å². The molecule has 0 spiro atoms. The number of benzene rings is 2. The molecule has 27 heavy (non-hydrogen) atoms. The van der Waals surface area contributed by atoms with Gasteiger partial charge < -0.3 is 15.4 Å². The lowest BCUT2D eigenvalue weighted by atomic mass is 10.3. The molecule has 1 amide bonds. The van der Waals surface area contributed by atoms with Crippen molar-refractivity contribution in [2.24, 2.45) is 0 Å². The summed E-state index contributed by atoms with van der Waals surface area (Å²) >= 11 is 11.8. The molecule has 0 aromatic heterocycles. The second-order valence-electron chi connectivity index (χ2n) is 5.71. The monoisotopic (exact) mass is 431 g/mol. The van der Waals surface area contributed by atoms with Crippen molar-refractivity contribution in [3.05, 3.63) is 46.4 Å². The van der Waals surface area contributed by atoms with Crippen LogP contribution >= 0.6 is 23.2 Å². The van der Waals surface area contributed by atoms with E-state index in [2.05, 4.69) is 10.6 Å². The minimum Gasteiger partial charge on any atom is -0.495 e. The van der Waals surface area contributed by atoms with E-state index in [1.807, 2.05) is 0 Å². The van der Waals surface area contributed by atoms with Crippen molar-refractivity contribution in [2.45, 2.75) is 4.90 Å². The van der Waals surface area contributed by atoms with E-state index in [0.717, 1.165) is 4.31 Å². The van der Waals surface area contributed by atoms with Crippen molar-refractivity contribution in [1.29, 1.82) is 0 Å². The van der Waals surface area contributed by atoms with Crippen LogP contribution in [0.2, 0.25) is 10.0 Å². The summed E-state index contributed by atoms with van der Waals surface area (Å²) < 4.78 is 31.0. The third kappa shape index (κ3) is 5.49. The summed E-state index contributed by atoms with van der Waals surface area (Å²) in [6, 6.07) is 9.24. The number of ether oxygens (including phenoxy) is 1. The number of hydrogen-bond donors (Lipinski definition) is 2. The number of rotatable bonds is 7. The lowest BCUT2D eigenvalue weighted by Crippen LogP contribution is -2.24. The lowest BCUT2D eigenvalue weighted by Gasteiger charge is -2.16. The van der Waals surface area contributed by atoms with E-state index in [9.17, 15) is 13.2 Å². The number of hydrogen-bond acceptors (Lipinski definition) is 5. The molecule has 0 atom stereocenters. The molecule has 0 fully saturated rings. The Bertz CT molecular complexity index is 929. The number of amides is 1. The Balaban J connectivity index is 2.13. The summed E-state index contributed by atoms with van der Waals surface area (Å²) in [7, 11) is 0.480. The van der Waals surface area contributed by atoms with Crippen molar-refractivity contribution in [3.8, 4) is 5.75 Å². The Kier molecular flexibility index (Phi) is 6.94. The highest BCUT2D eigenvalue weighted by atomic mass is 35.5. The van der Waals surface area contributed by atoms with Crippen LogP contribution in [0.3, 0.4) is 0 Å². The zero-order valence-electron chi connectivity index (χ0n) is 14.9. The first-order valence-electron chi connectivity index (χ1n) is 7.74. The highest BCUT2D eigenvalue weighted by molar-refractivity contribution is 7.89. The molecule has 0 heterocycles. The summed E-state index contributed by atoms with van der Waals surface area (Å²) in [5, 5.41) is 6.43. The fourth-order valence-electron chi connectivity index (χ4n) is 2.20. The van der Waals surface area contributed by atoms with E-state index in [4.69, 9.17) is 27.9 Å². The Morgan fingerprint density at radius 3 is 2.26 bits per heavy atom. The number of halogens is 2. The van der Waals surface area contributed by atoms with Gasteiger partial charge in [0.2, 0.25) is 15.9 Å². The minimum absolute atomic E-state index is 0.0395. The zero-order valence-corrected chi connectivity index (χ0v) is 17.2. The molecule has 7 nitrogen and oxygen atoms in total. The van der Waals surface area contributed by atoms with Crippen molar-refractivity contribution in [2.75, 3.05) is 38.4 Å². The molecule has 0 unspecified atom stereocenters. The van der Waals surface area contributed by atoms with Gasteiger partial charge in [-0.3, -0.25) is 4.79 Å². The third-order valence-corrected chi connectivity index (χ3v) is 5.79. The van der Waals surface area contributed by atoms with Gasteiger partial charge in [0.05, 0.1) is 13.7 Å². The molecule has 2 N–H and O–H groups in total. The van der Waals surface area contributed by atoms with Gasteiger partial charge in [-0.2, -0.15) is 0 Å². The molecule has 0 aliphatic heterocycles. The molecule has 2 rings (SSSR count). The highest BCUT2D eigenvalue weighted by Gasteiger charge is 2.23. The largest absolute Gasteiger partial charge is 0.495 e. The average Bonchev–Trinajstić information content (AvgIpc) is 2.59. The van der Waals surface area contributed by atoms with Gasteiger partial charge in [0.1, 0.15) is 10.6 Å². The predicted molar refractivity (Wildman–Crippen MR) is 107 cm³/mol. The Morgan fingerprint density at radius 1 is 1.07 bits per heavy atom. The number of nitrogens with one attached hydrogen (secondary N) is 2. The maximum Gasteiger partial charge on any atom is 0.246 e. The van der Waals surface area contributed by atoms with Gasteiger partial charge in [-0.1, -0.05) is 23.2 Å². The quantitative estimate of drug-likeness (QED) is 0.701. The maximum absolute atomic E-state index is 12.4. The van der Waals surface area contributed by atoms with E-state index < -0.39 is 10.0 Å². The van der Waals surface area contributed by atoms with Gasteiger partial charge in [-0.25, -0.2) is 12.7 Å². The second-order valence-corrected chi connectivity index (χ2v) is 8.71. The van der Waals surface area contributed by atoms with Gasteiger partial charge in [0.25, 0.3) is 0 Å². The Hall–Kier alpha value is -2.00. The van der Waals surface area contributed by atoms with Crippen molar-refractivity contribution in [1.82, 2.24) is 4.31 Å². The number of methoxy groups -OCH3 is 1. The summed E-state index contributed by atoms with van der Waals surface area (Å²) in [5.41, 5.74) is 0.917. The normalized spacial score (nSPS) is 11.3. The van der Waals surface area contributed by atoms with Crippen molar-refractivity contribution in [3.63, 3.8) is 0 Å². The lowest BCUT2D eigenvalue weighted by molar-refractivity contribution is -0.114. The molecule has 146 valence electrons. The molecule has 0 aliphatic rings. The Labute approximate surface area is 168 Å². The summed E-state index contributed by atoms with van der Waals surface area (Å²) in [6.45, 7) is -0.0571. The smallest absolute Gasteiger partial charge is 0.246 e. The summed E-state index contributed by atoms with van der Waals surface area (Å²) in [5.74, 6) is -0.183. The maximum atomic E-state index is 12.4. The number of carbonyl (C=O) groups is 1. The standard InChI is InChI=1S/C17H19Cl2N3O4S/c1-22(2)27(24,25)16-9-13(4-5-15(16)26-3)21-17(23)10-20-14-7-11(18)6-12(19)8-14/h4-9,20H,10H2,1-3H3,(H,21,23). The van der Waals surface area contributed by atoms with Crippen LogP contribution in [-0.4, -0.2) is 46.4 Å². The molecule has 0 saturated heterocycles. The fraction of sp³-hybridized carbons (Fsp3) is 0.235. The van der Waals surface area contributed by atoms with Gasteiger partial charge in [-0.05, 0) is 36.4 Å². The molecule has 0 saturated carbocycles. The first-order valence-corrected chi connectivity index (χ1v) is 9.93. The summed E-state index contributed by atoms with van der Waals surface area (Å²) in [6.07, 6.45) is 0. The van der Waals surface area contributed by atoms with Crippen molar-refractivity contribution < 1.29 is 17.9 Å². The van der Waals surface area contributed by atoms with Crippen LogP contribution in [-0.2, 0) is 14.8 Å². The average molecular weight is 432 g/mol. The summed E-state index contributed by atoms with van der Waals surface area (Å²) in [4.78, 5) is 12.1. The molecule has 0 radical (unpaired) electrons. The zero-order chi connectivity index (χ0) is 20.2. The van der Waals surface area contributed by atoms with Crippen LogP contribution in [0.25, 0.3) is 0 Å². The van der Waals surface area contributed by atoms with E-state index in [1.54, 1.807) is 24.3 Å². The third-order valence-electron chi connectivity index (χ3n) is 3.52. The van der Waals surface area contributed by atoms with E-state index in [1.165, 1.54) is 33.3 Å². The minimum atomic E-state index is -3.73. The second kappa shape index (κ2) is 8.79. The highest BCUT2D eigenvalue weighted by Crippen LogP contribution is 2.29. The van der Waals surface area contributed by atoms with Crippen molar-refractivity contribution >= 4 is 50.5 Å². The first-order chi connectivity index (χ1) is 12.6. The van der Waals surface area contributed by atoms with Gasteiger partial charge >= 0.3 is 0 Å². The molecule has 2 aromatic carbocycles. The van der Waals surface area contributed by atoms with E-state index >= 15 is 0 Å². The number of carbonyl (C=O) groups excluding carboxylic acids is 1. The number of anilines is 2. The van der Waals surface area contributed by atoms with Crippen LogP contribution in [0, 0.1) is 0 Å². The fourth-order valence-corrected chi connectivity index (χ4v) is 3.80. The van der Waals surface area contributed by atoms with Crippen LogP contribution < -0.4 is 15.4 Å². The molecule has 10 heteroatoms. The molecular formula is C17H19Cl2N3O4S. The molecule has 0 bridgehead atoms. The van der Waals surface area contributed by atoms with Crippen LogP contribution in [0.15, 0.2) is 41.3 Å². The predicted octanol–water partition coefficient (Wildman–Crippen LogP) is 3.30. The van der Waals surface area contributed by atoms with E-state index in [-0.39, 0.29) is 23.1 Å². The molecule has 2 aromatic rings. The van der Waals surface area contributed by atoms with Gasteiger partial charge in [0, 0.05) is 35.5 Å². The van der Waals surface area contributed by atoms with Crippen LogP contribution in [0.4, 0.5) is 11.4 Å². The SMILES string of the molecule is COc1ccc(NC(=O)CNc2cc(Cl)cc(Cl)c2)cc1S(=O)(=O)N(C)C. The molecular weight excluding hydrogens is 413 g/mol. The van der Waals surface area contributed by atoms with Crippen LogP contribution in [0.1, 0.15) is 0 Å². The number of sulfonamides is 1. The topological polar surface area (TPSA) is 87.7 Å². The van der Waals surface area contributed by atoms with Crippen LogP contribution in [0.5, 0.6) is 5.75 Å². The Morgan fingerprint density at radius 2 is 1.70 bits per heavy atom. The number of nitrogens with zero attached hydrogens (tertiary/aromatic N) is 1. The molecule has 0 aliphatic carbocycles. The van der Waals surface area contributed by atoms with Gasteiger partial charge in [0.15, 0.2) is 0 Å². The van der Waals surface area contributed by atoms with E-state index in [0.29, 0.717) is 21.4 Å².